The topological polar surface area (TPSA) is 67.2 Å². The summed E-state index contributed by atoms with van der Waals surface area (Å²) in [6.07, 6.45) is 2.94. The quantitative estimate of drug-likeness (QED) is 0.751. The monoisotopic (exact) mass is 246 g/mol. The molecule has 16 heavy (non-hydrogen) atoms. The molecule has 0 aliphatic heterocycles. The van der Waals surface area contributed by atoms with E-state index in [2.05, 4.69) is 10.4 Å². The van der Waals surface area contributed by atoms with Crippen LogP contribution in [0.3, 0.4) is 0 Å². The number of sulfonamides is 1. The lowest BCUT2D eigenvalue weighted by Gasteiger charge is -2.12. The van der Waals surface area contributed by atoms with Crippen molar-refractivity contribution in [1.29, 1.82) is 0 Å². The molecule has 0 unspecified atom stereocenters. The van der Waals surface area contributed by atoms with Crippen molar-refractivity contribution in [3.8, 4) is 0 Å². The Labute approximate surface area is 96.3 Å². The third-order valence-corrected chi connectivity index (χ3v) is 4.24. The highest BCUT2D eigenvalue weighted by Gasteiger charge is 2.20. The predicted molar refractivity (Wildman–Crippen MR) is 61.6 cm³/mol. The summed E-state index contributed by atoms with van der Waals surface area (Å²) in [6, 6.07) is 0. The van der Waals surface area contributed by atoms with Gasteiger partial charge in [0.05, 0.1) is 12.7 Å². The Morgan fingerprint density at radius 1 is 1.56 bits per heavy atom. The van der Waals surface area contributed by atoms with E-state index in [0.717, 1.165) is 6.54 Å². The maximum atomic E-state index is 11.9. The molecule has 0 spiro atoms. The first-order valence-corrected chi connectivity index (χ1v) is 6.59. The predicted octanol–water partition coefficient (Wildman–Crippen LogP) is -0.257. The molecule has 0 radical (unpaired) electrons. The van der Waals surface area contributed by atoms with Gasteiger partial charge in [0, 0.05) is 26.3 Å². The van der Waals surface area contributed by atoms with Crippen LogP contribution in [0.15, 0.2) is 17.3 Å². The second kappa shape index (κ2) is 5.42. The van der Waals surface area contributed by atoms with E-state index in [1.54, 1.807) is 24.9 Å². The SMILES string of the molecule is CCN(C)S(=O)(=O)c1cnn(CCNC)c1. The summed E-state index contributed by atoms with van der Waals surface area (Å²) in [5, 5.41) is 6.98. The van der Waals surface area contributed by atoms with Crippen LogP contribution >= 0.6 is 0 Å². The summed E-state index contributed by atoms with van der Waals surface area (Å²) >= 11 is 0. The molecule has 6 nitrogen and oxygen atoms in total. The number of nitrogens with one attached hydrogen (secondary N) is 1. The Morgan fingerprint density at radius 2 is 2.25 bits per heavy atom. The third kappa shape index (κ3) is 2.81. The van der Waals surface area contributed by atoms with Crippen molar-refractivity contribution in [3.63, 3.8) is 0 Å². The van der Waals surface area contributed by atoms with E-state index in [-0.39, 0.29) is 4.90 Å². The molecular formula is C9H18N4O2S. The standard InChI is InChI=1S/C9H18N4O2S/c1-4-12(3)16(14,15)9-7-11-13(8-9)6-5-10-2/h7-8,10H,4-6H2,1-3H3. The van der Waals surface area contributed by atoms with Gasteiger partial charge in [0.25, 0.3) is 0 Å². The number of rotatable bonds is 6. The van der Waals surface area contributed by atoms with Gasteiger partial charge in [-0.05, 0) is 7.05 Å². The number of hydrogen-bond acceptors (Lipinski definition) is 4. The fourth-order valence-corrected chi connectivity index (χ4v) is 2.31. The Bertz CT molecular complexity index is 426. The van der Waals surface area contributed by atoms with Gasteiger partial charge in [-0.1, -0.05) is 6.92 Å². The molecule has 0 fully saturated rings. The van der Waals surface area contributed by atoms with Gasteiger partial charge in [-0.2, -0.15) is 5.10 Å². The van der Waals surface area contributed by atoms with Crippen LogP contribution in [-0.2, 0) is 16.6 Å². The molecule has 1 aromatic rings. The fourth-order valence-electron chi connectivity index (χ4n) is 1.18. The summed E-state index contributed by atoms with van der Waals surface area (Å²) in [5.41, 5.74) is 0. The highest BCUT2D eigenvalue weighted by atomic mass is 32.2. The van der Waals surface area contributed by atoms with Crippen molar-refractivity contribution in [2.45, 2.75) is 18.4 Å². The lowest BCUT2D eigenvalue weighted by Crippen LogP contribution is -2.26. The van der Waals surface area contributed by atoms with Crippen molar-refractivity contribution in [1.82, 2.24) is 19.4 Å². The van der Waals surface area contributed by atoms with E-state index in [4.69, 9.17) is 0 Å². The lowest BCUT2D eigenvalue weighted by molar-refractivity contribution is 0.486. The van der Waals surface area contributed by atoms with Crippen molar-refractivity contribution in [3.05, 3.63) is 12.4 Å². The molecule has 0 aliphatic carbocycles. The first-order chi connectivity index (χ1) is 7.52. The lowest BCUT2D eigenvalue weighted by atomic mass is 10.6. The summed E-state index contributed by atoms with van der Waals surface area (Å²) in [5.74, 6) is 0. The van der Waals surface area contributed by atoms with Crippen LogP contribution in [0.2, 0.25) is 0 Å². The summed E-state index contributed by atoms with van der Waals surface area (Å²) in [4.78, 5) is 0.243. The molecule has 0 aromatic carbocycles. The van der Waals surface area contributed by atoms with E-state index < -0.39 is 10.0 Å². The highest BCUT2D eigenvalue weighted by molar-refractivity contribution is 7.89. The van der Waals surface area contributed by atoms with Crippen molar-refractivity contribution < 1.29 is 8.42 Å². The van der Waals surface area contributed by atoms with Gasteiger partial charge in [0.1, 0.15) is 4.90 Å². The molecule has 92 valence electrons. The summed E-state index contributed by atoms with van der Waals surface area (Å²) in [6.45, 7) is 3.65. The maximum absolute atomic E-state index is 11.9. The molecule has 1 N–H and O–H groups in total. The minimum atomic E-state index is -3.36. The summed E-state index contributed by atoms with van der Waals surface area (Å²) in [7, 11) is 0.0315. The van der Waals surface area contributed by atoms with E-state index in [1.807, 2.05) is 7.05 Å². The second-order valence-corrected chi connectivity index (χ2v) is 5.51. The van der Waals surface area contributed by atoms with Crippen LogP contribution in [0.5, 0.6) is 0 Å². The Hall–Kier alpha value is -0.920. The Kier molecular flexibility index (Phi) is 4.45. The fraction of sp³-hybridized carbons (Fsp3) is 0.667. The average Bonchev–Trinajstić information content (AvgIpc) is 2.74. The number of aromatic nitrogens is 2. The van der Waals surface area contributed by atoms with Gasteiger partial charge in [-0.25, -0.2) is 12.7 Å². The minimum absolute atomic E-state index is 0.243. The number of nitrogens with zero attached hydrogens (tertiary/aromatic N) is 3. The smallest absolute Gasteiger partial charge is 0.245 e. The van der Waals surface area contributed by atoms with Crippen LogP contribution < -0.4 is 5.32 Å². The highest BCUT2D eigenvalue weighted by Crippen LogP contribution is 2.12. The number of hydrogen-bond donors (Lipinski definition) is 1. The summed E-state index contributed by atoms with van der Waals surface area (Å²) < 4.78 is 26.7. The zero-order valence-electron chi connectivity index (χ0n) is 9.84. The Morgan fingerprint density at radius 3 is 2.81 bits per heavy atom. The van der Waals surface area contributed by atoms with Gasteiger partial charge < -0.3 is 5.32 Å². The first kappa shape index (κ1) is 13.1. The van der Waals surface area contributed by atoms with Crippen LogP contribution in [0, 0.1) is 0 Å². The first-order valence-electron chi connectivity index (χ1n) is 5.15. The molecular weight excluding hydrogens is 228 g/mol. The van der Waals surface area contributed by atoms with Crippen molar-refractivity contribution in [2.24, 2.45) is 0 Å². The van der Waals surface area contributed by atoms with Gasteiger partial charge in [0.15, 0.2) is 0 Å². The average molecular weight is 246 g/mol. The minimum Gasteiger partial charge on any atom is -0.318 e. The third-order valence-electron chi connectivity index (χ3n) is 2.35. The van der Waals surface area contributed by atoms with Crippen LogP contribution in [-0.4, -0.2) is 49.7 Å². The van der Waals surface area contributed by atoms with E-state index in [0.29, 0.717) is 13.1 Å². The molecule has 0 bridgehead atoms. The normalized spacial score (nSPS) is 12.2. The van der Waals surface area contributed by atoms with Gasteiger partial charge >= 0.3 is 0 Å². The van der Waals surface area contributed by atoms with Crippen LogP contribution in [0.1, 0.15) is 6.92 Å². The van der Waals surface area contributed by atoms with Crippen molar-refractivity contribution >= 4 is 10.0 Å². The molecule has 1 heterocycles. The molecule has 7 heteroatoms. The Balaban J connectivity index is 2.85. The van der Waals surface area contributed by atoms with Crippen LogP contribution in [0.4, 0.5) is 0 Å². The maximum Gasteiger partial charge on any atom is 0.245 e. The van der Waals surface area contributed by atoms with E-state index in [9.17, 15) is 8.42 Å². The largest absolute Gasteiger partial charge is 0.318 e. The molecule has 0 aliphatic rings. The zero-order chi connectivity index (χ0) is 12.2. The molecule has 0 atom stereocenters. The molecule has 0 amide bonds. The van der Waals surface area contributed by atoms with Crippen molar-refractivity contribution in [2.75, 3.05) is 27.2 Å². The van der Waals surface area contributed by atoms with E-state index in [1.165, 1.54) is 10.5 Å². The second-order valence-electron chi connectivity index (χ2n) is 3.46. The van der Waals surface area contributed by atoms with Gasteiger partial charge in [-0.3, -0.25) is 4.68 Å². The molecule has 0 saturated carbocycles. The number of likely N-dealkylation sites (N-methyl/N-ethyl adjacent to an activating group) is 1. The zero-order valence-corrected chi connectivity index (χ0v) is 10.7. The van der Waals surface area contributed by atoms with Crippen LogP contribution in [0.25, 0.3) is 0 Å². The molecule has 1 rings (SSSR count). The molecule has 1 aromatic heterocycles. The van der Waals surface area contributed by atoms with Gasteiger partial charge in [-0.15, -0.1) is 0 Å². The molecule has 0 saturated heterocycles. The van der Waals surface area contributed by atoms with Gasteiger partial charge in [0.2, 0.25) is 10.0 Å². The van der Waals surface area contributed by atoms with E-state index >= 15 is 0 Å².